The summed E-state index contributed by atoms with van der Waals surface area (Å²) in [7, 11) is 6.11. The summed E-state index contributed by atoms with van der Waals surface area (Å²) in [5, 5.41) is 4.51. The van der Waals surface area contributed by atoms with Crippen LogP contribution in [0.15, 0.2) is 4.47 Å². The molecule has 0 fully saturated rings. The molecule has 104 valence electrons. The van der Waals surface area contributed by atoms with E-state index in [2.05, 4.69) is 60.8 Å². The zero-order valence-electron chi connectivity index (χ0n) is 12.3. The molecular formula is C13H25BrN4. The predicted octanol–water partition coefficient (Wildman–Crippen LogP) is 1.96. The van der Waals surface area contributed by atoms with E-state index >= 15 is 0 Å². The second kappa shape index (κ2) is 5.72. The van der Waals surface area contributed by atoms with E-state index in [1.165, 1.54) is 5.69 Å². The van der Waals surface area contributed by atoms with Crippen LogP contribution in [0.4, 0.5) is 0 Å². The van der Waals surface area contributed by atoms with E-state index in [1.54, 1.807) is 0 Å². The van der Waals surface area contributed by atoms with Gasteiger partial charge < -0.3 is 10.6 Å². The summed E-state index contributed by atoms with van der Waals surface area (Å²) in [6.45, 7) is 6.45. The Morgan fingerprint density at radius 2 is 2.00 bits per heavy atom. The molecule has 1 heterocycles. The summed E-state index contributed by atoms with van der Waals surface area (Å²) < 4.78 is 3.05. The third-order valence-electron chi connectivity index (χ3n) is 3.98. The SMILES string of the molecule is CCc1nn(C)c(CC(N)C(C)(C)N(C)C)c1Br. The quantitative estimate of drug-likeness (QED) is 0.903. The Balaban J connectivity index is 2.95. The lowest BCUT2D eigenvalue weighted by Gasteiger charge is -2.38. The van der Waals surface area contributed by atoms with Gasteiger partial charge in [0.05, 0.1) is 15.9 Å². The van der Waals surface area contributed by atoms with Crippen molar-refractivity contribution in [3.05, 3.63) is 15.9 Å². The second-order valence-electron chi connectivity index (χ2n) is 5.54. The molecule has 18 heavy (non-hydrogen) atoms. The van der Waals surface area contributed by atoms with Crippen LogP contribution in [0.1, 0.15) is 32.2 Å². The van der Waals surface area contributed by atoms with Gasteiger partial charge in [0.15, 0.2) is 0 Å². The Morgan fingerprint density at radius 3 is 2.39 bits per heavy atom. The third-order valence-corrected chi connectivity index (χ3v) is 4.89. The summed E-state index contributed by atoms with van der Waals surface area (Å²) >= 11 is 3.64. The Hall–Kier alpha value is -0.390. The van der Waals surface area contributed by atoms with E-state index < -0.39 is 0 Å². The van der Waals surface area contributed by atoms with Gasteiger partial charge in [-0.3, -0.25) is 4.68 Å². The zero-order valence-corrected chi connectivity index (χ0v) is 13.9. The molecular weight excluding hydrogens is 292 g/mol. The van der Waals surface area contributed by atoms with Gasteiger partial charge in [-0.2, -0.15) is 5.10 Å². The maximum Gasteiger partial charge on any atom is 0.0766 e. The van der Waals surface area contributed by atoms with E-state index in [-0.39, 0.29) is 11.6 Å². The molecule has 1 aromatic rings. The molecule has 0 bridgehead atoms. The first-order chi connectivity index (χ1) is 8.21. The molecule has 0 saturated carbocycles. The van der Waals surface area contributed by atoms with Crippen LogP contribution < -0.4 is 5.73 Å². The highest BCUT2D eigenvalue weighted by Crippen LogP contribution is 2.25. The Kier molecular flexibility index (Phi) is 4.98. The molecule has 4 nitrogen and oxygen atoms in total. The maximum atomic E-state index is 6.37. The Labute approximate surface area is 119 Å². The molecule has 0 amide bonds. The fourth-order valence-corrected chi connectivity index (χ4v) is 2.61. The molecule has 0 aromatic carbocycles. The van der Waals surface area contributed by atoms with Crippen LogP contribution >= 0.6 is 15.9 Å². The number of halogens is 1. The number of hydrogen-bond acceptors (Lipinski definition) is 3. The molecule has 0 saturated heterocycles. The predicted molar refractivity (Wildman–Crippen MR) is 79.7 cm³/mol. The van der Waals surface area contributed by atoms with Gasteiger partial charge in [-0.1, -0.05) is 6.92 Å². The van der Waals surface area contributed by atoms with E-state index in [4.69, 9.17) is 5.73 Å². The molecule has 2 N–H and O–H groups in total. The zero-order chi connectivity index (χ0) is 14.1. The number of nitrogens with zero attached hydrogens (tertiary/aromatic N) is 3. The third kappa shape index (κ3) is 2.95. The lowest BCUT2D eigenvalue weighted by Crippen LogP contribution is -2.54. The average molecular weight is 317 g/mol. The normalized spacial score (nSPS) is 14.3. The summed E-state index contributed by atoms with van der Waals surface area (Å²) in [4.78, 5) is 2.17. The topological polar surface area (TPSA) is 47.1 Å². The summed E-state index contributed by atoms with van der Waals surface area (Å²) in [6.07, 6.45) is 1.75. The lowest BCUT2D eigenvalue weighted by molar-refractivity contribution is 0.156. The summed E-state index contributed by atoms with van der Waals surface area (Å²) in [6, 6.07) is 0.0592. The van der Waals surface area contributed by atoms with E-state index in [9.17, 15) is 0 Å². The van der Waals surface area contributed by atoms with Crippen molar-refractivity contribution in [1.29, 1.82) is 0 Å². The number of nitrogens with two attached hydrogens (primary N) is 1. The number of likely N-dealkylation sites (N-methyl/N-ethyl adjacent to an activating group) is 1. The van der Waals surface area contributed by atoms with Crippen LogP contribution in [0, 0.1) is 0 Å². The minimum absolute atomic E-state index is 0.0455. The first-order valence-corrected chi connectivity index (χ1v) is 7.14. The molecule has 0 aliphatic heterocycles. The number of aromatic nitrogens is 2. The van der Waals surface area contributed by atoms with Gasteiger partial charge in [0.25, 0.3) is 0 Å². The molecule has 0 radical (unpaired) electrons. The average Bonchev–Trinajstić information content (AvgIpc) is 2.55. The monoisotopic (exact) mass is 316 g/mol. The van der Waals surface area contributed by atoms with Crippen molar-refractivity contribution in [1.82, 2.24) is 14.7 Å². The standard InChI is InChI=1S/C13H25BrN4/c1-7-9-12(14)10(18(6)16-9)8-11(15)13(2,3)17(4)5/h11H,7-8,15H2,1-6H3. The molecule has 0 aliphatic rings. The van der Waals surface area contributed by atoms with Gasteiger partial charge in [0.2, 0.25) is 0 Å². The van der Waals surface area contributed by atoms with Crippen molar-refractivity contribution >= 4 is 15.9 Å². The van der Waals surface area contributed by atoms with Crippen molar-refractivity contribution in [2.24, 2.45) is 12.8 Å². The van der Waals surface area contributed by atoms with Crippen molar-refractivity contribution in [3.8, 4) is 0 Å². The van der Waals surface area contributed by atoms with Crippen molar-refractivity contribution in [3.63, 3.8) is 0 Å². The molecule has 1 atom stereocenters. The molecule has 5 heteroatoms. The highest BCUT2D eigenvalue weighted by molar-refractivity contribution is 9.10. The maximum absolute atomic E-state index is 6.37. The largest absolute Gasteiger partial charge is 0.326 e. The minimum atomic E-state index is -0.0455. The fourth-order valence-electron chi connectivity index (χ4n) is 1.83. The lowest BCUT2D eigenvalue weighted by atomic mass is 9.90. The van der Waals surface area contributed by atoms with Gasteiger partial charge in [-0.15, -0.1) is 0 Å². The van der Waals surface area contributed by atoms with Crippen LogP contribution in [-0.4, -0.2) is 40.4 Å². The molecule has 1 unspecified atom stereocenters. The van der Waals surface area contributed by atoms with E-state index in [0.29, 0.717) is 0 Å². The second-order valence-corrected chi connectivity index (χ2v) is 6.34. The van der Waals surface area contributed by atoms with E-state index in [0.717, 1.165) is 23.0 Å². The van der Waals surface area contributed by atoms with Gasteiger partial charge in [0, 0.05) is 25.0 Å². The van der Waals surface area contributed by atoms with E-state index in [1.807, 2.05) is 11.7 Å². The summed E-state index contributed by atoms with van der Waals surface area (Å²) in [5.41, 5.74) is 8.60. The highest BCUT2D eigenvalue weighted by Gasteiger charge is 2.30. The number of hydrogen-bond donors (Lipinski definition) is 1. The van der Waals surface area contributed by atoms with Crippen molar-refractivity contribution in [2.75, 3.05) is 14.1 Å². The molecule has 1 rings (SSSR count). The van der Waals surface area contributed by atoms with Crippen molar-refractivity contribution in [2.45, 2.75) is 45.2 Å². The van der Waals surface area contributed by atoms with Crippen LogP contribution in [0.25, 0.3) is 0 Å². The smallest absolute Gasteiger partial charge is 0.0766 e. The summed E-state index contributed by atoms with van der Waals surface area (Å²) in [5.74, 6) is 0. The van der Waals surface area contributed by atoms with Gasteiger partial charge >= 0.3 is 0 Å². The van der Waals surface area contributed by atoms with Crippen LogP contribution in [0.5, 0.6) is 0 Å². The number of aryl methyl sites for hydroxylation is 2. The van der Waals surface area contributed by atoms with Crippen LogP contribution in [0.3, 0.4) is 0 Å². The molecule has 1 aromatic heterocycles. The van der Waals surface area contributed by atoms with Gasteiger partial charge in [-0.25, -0.2) is 0 Å². The minimum Gasteiger partial charge on any atom is -0.326 e. The number of rotatable bonds is 5. The molecule has 0 aliphatic carbocycles. The van der Waals surface area contributed by atoms with Gasteiger partial charge in [-0.05, 0) is 50.3 Å². The first kappa shape index (κ1) is 15.7. The highest BCUT2D eigenvalue weighted by atomic mass is 79.9. The van der Waals surface area contributed by atoms with Crippen LogP contribution in [0.2, 0.25) is 0 Å². The first-order valence-electron chi connectivity index (χ1n) is 6.35. The van der Waals surface area contributed by atoms with Crippen molar-refractivity contribution < 1.29 is 0 Å². The van der Waals surface area contributed by atoms with Crippen LogP contribution in [-0.2, 0) is 19.9 Å². The molecule has 0 spiro atoms. The Bertz CT molecular complexity index is 409. The van der Waals surface area contributed by atoms with Gasteiger partial charge in [0.1, 0.15) is 0 Å². The Morgan fingerprint density at radius 1 is 1.44 bits per heavy atom. The fraction of sp³-hybridized carbons (Fsp3) is 0.769.